The normalized spacial score (nSPS) is 14.5. The molecule has 0 radical (unpaired) electrons. The maximum Gasteiger partial charge on any atom is 0.261 e. The van der Waals surface area contributed by atoms with Crippen LogP contribution in [-0.2, 0) is 22.6 Å². The van der Waals surface area contributed by atoms with Crippen molar-refractivity contribution >= 4 is 11.8 Å². The van der Waals surface area contributed by atoms with Gasteiger partial charge in [-0.05, 0) is 67.1 Å². The minimum absolute atomic E-state index is 0.114. The third kappa shape index (κ3) is 7.44. The zero-order valence-corrected chi connectivity index (χ0v) is 22.3. The highest BCUT2D eigenvalue weighted by Gasteiger charge is 2.32. The third-order valence-corrected chi connectivity index (χ3v) is 7.39. The van der Waals surface area contributed by atoms with Crippen molar-refractivity contribution in [3.05, 3.63) is 101 Å². The quantitative estimate of drug-likeness (QED) is 0.364. The van der Waals surface area contributed by atoms with Gasteiger partial charge in [-0.2, -0.15) is 0 Å². The van der Waals surface area contributed by atoms with Gasteiger partial charge in [0.1, 0.15) is 17.6 Å². The second-order valence-corrected chi connectivity index (χ2v) is 10.2. The van der Waals surface area contributed by atoms with Gasteiger partial charge in [-0.15, -0.1) is 0 Å². The molecule has 1 N–H and O–H groups in total. The maximum absolute atomic E-state index is 13.8. The Kier molecular flexibility index (Phi) is 9.52. The third-order valence-electron chi connectivity index (χ3n) is 7.39. The number of rotatable bonds is 10. The van der Waals surface area contributed by atoms with Crippen molar-refractivity contribution in [1.29, 1.82) is 0 Å². The number of benzene rings is 3. The van der Waals surface area contributed by atoms with Crippen molar-refractivity contribution in [3.8, 4) is 5.75 Å². The van der Waals surface area contributed by atoms with Crippen molar-refractivity contribution in [2.45, 2.75) is 71.0 Å². The summed E-state index contributed by atoms with van der Waals surface area (Å²) < 4.78 is 19.6. The van der Waals surface area contributed by atoms with Gasteiger partial charge in [0.05, 0.1) is 0 Å². The molecule has 1 aliphatic carbocycles. The number of carbonyl (C=O) groups is 2. The lowest BCUT2D eigenvalue weighted by molar-refractivity contribution is -0.143. The van der Waals surface area contributed by atoms with E-state index in [1.54, 1.807) is 17.0 Å². The minimum atomic E-state index is -0.737. The van der Waals surface area contributed by atoms with Crippen LogP contribution in [0.2, 0.25) is 0 Å². The maximum atomic E-state index is 13.8. The Labute approximate surface area is 225 Å². The van der Waals surface area contributed by atoms with Gasteiger partial charge in [0.25, 0.3) is 5.91 Å². The van der Waals surface area contributed by atoms with Gasteiger partial charge in [0.15, 0.2) is 6.61 Å². The van der Waals surface area contributed by atoms with E-state index >= 15 is 0 Å². The highest BCUT2D eigenvalue weighted by atomic mass is 19.1. The first-order chi connectivity index (χ1) is 18.4. The highest BCUT2D eigenvalue weighted by molar-refractivity contribution is 5.88. The zero-order valence-electron chi connectivity index (χ0n) is 22.3. The van der Waals surface area contributed by atoms with E-state index in [-0.39, 0.29) is 36.8 Å². The Bertz CT molecular complexity index is 1210. The van der Waals surface area contributed by atoms with E-state index in [0.29, 0.717) is 12.2 Å². The average Bonchev–Trinajstić information content (AvgIpc) is 2.93. The molecule has 0 heterocycles. The molecular formula is C32H37FN2O3. The van der Waals surface area contributed by atoms with Crippen molar-refractivity contribution in [2.24, 2.45) is 0 Å². The molecule has 3 aromatic rings. The standard InChI is InChI=1S/C32H37FN2O3/c1-23-10-9-15-30(24(23)2)38-22-31(36)35(21-26-16-18-27(33)19-17-26)29(20-25-11-5-3-6-12-25)32(37)34-28-13-7-4-8-14-28/h3,5-6,9-12,15-19,28-29H,4,7-8,13-14,20-22H2,1-2H3,(H,34,37)/t29-/m0/s1. The number of aryl methyl sites for hydroxylation is 1. The Morgan fingerprint density at radius 1 is 0.921 bits per heavy atom. The van der Waals surface area contributed by atoms with Crippen LogP contribution in [0.25, 0.3) is 0 Å². The zero-order chi connectivity index (χ0) is 26.9. The lowest BCUT2D eigenvalue weighted by Gasteiger charge is -2.33. The largest absolute Gasteiger partial charge is 0.483 e. The lowest BCUT2D eigenvalue weighted by Crippen LogP contribution is -2.53. The van der Waals surface area contributed by atoms with Gasteiger partial charge < -0.3 is 15.0 Å². The van der Waals surface area contributed by atoms with Gasteiger partial charge >= 0.3 is 0 Å². The Morgan fingerprint density at radius 2 is 1.63 bits per heavy atom. The topological polar surface area (TPSA) is 58.6 Å². The van der Waals surface area contributed by atoms with E-state index in [0.717, 1.165) is 47.9 Å². The molecule has 38 heavy (non-hydrogen) atoms. The van der Waals surface area contributed by atoms with Crippen LogP contribution in [0.1, 0.15) is 54.4 Å². The summed E-state index contributed by atoms with van der Waals surface area (Å²) in [7, 11) is 0. The lowest BCUT2D eigenvalue weighted by atomic mass is 9.94. The first-order valence-corrected chi connectivity index (χ1v) is 13.5. The molecule has 1 atom stereocenters. The van der Waals surface area contributed by atoms with Crippen molar-refractivity contribution in [1.82, 2.24) is 10.2 Å². The van der Waals surface area contributed by atoms with E-state index in [2.05, 4.69) is 5.32 Å². The van der Waals surface area contributed by atoms with Crippen LogP contribution in [0, 0.1) is 19.7 Å². The Morgan fingerprint density at radius 3 is 2.34 bits per heavy atom. The van der Waals surface area contributed by atoms with Crippen molar-refractivity contribution < 1.29 is 18.7 Å². The van der Waals surface area contributed by atoms with E-state index in [1.165, 1.54) is 18.6 Å². The predicted molar refractivity (Wildman–Crippen MR) is 147 cm³/mol. The van der Waals surface area contributed by atoms with Gasteiger partial charge in [0, 0.05) is 19.0 Å². The van der Waals surface area contributed by atoms with Gasteiger partial charge in [-0.25, -0.2) is 4.39 Å². The molecular weight excluding hydrogens is 479 g/mol. The molecule has 0 spiro atoms. The number of hydrogen-bond acceptors (Lipinski definition) is 3. The second kappa shape index (κ2) is 13.2. The molecule has 0 saturated heterocycles. The fourth-order valence-electron chi connectivity index (χ4n) is 4.99. The molecule has 0 unspecified atom stereocenters. The summed E-state index contributed by atoms with van der Waals surface area (Å²) in [5.41, 5.74) is 3.76. The first kappa shape index (κ1) is 27.4. The van der Waals surface area contributed by atoms with Crippen molar-refractivity contribution in [2.75, 3.05) is 6.61 Å². The number of nitrogens with one attached hydrogen (secondary N) is 1. The molecule has 1 fully saturated rings. The number of halogens is 1. The fraction of sp³-hybridized carbons (Fsp3) is 0.375. The molecule has 4 rings (SSSR count). The predicted octanol–water partition coefficient (Wildman–Crippen LogP) is 5.91. The summed E-state index contributed by atoms with van der Waals surface area (Å²) in [6.07, 6.45) is 5.64. The smallest absolute Gasteiger partial charge is 0.261 e. The SMILES string of the molecule is Cc1cccc(OCC(=O)N(Cc2ccc(F)cc2)[C@@H](Cc2ccccc2)C(=O)NC2CCCCC2)c1C. The molecule has 3 aromatic carbocycles. The van der Waals surface area contributed by atoms with Crippen LogP contribution >= 0.6 is 0 Å². The molecule has 1 saturated carbocycles. The summed E-state index contributed by atoms with van der Waals surface area (Å²) >= 11 is 0. The number of amides is 2. The van der Waals surface area contributed by atoms with Gasteiger partial charge in [-0.3, -0.25) is 9.59 Å². The van der Waals surface area contributed by atoms with Crippen LogP contribution in [0.5, 0.6) is 5.75 Å². The van der Waals surface area contributed by atoms with Gasteiger partial charge in [0.2, 0.25) is 5.91 Å². The molecule has 0 bridgehead atoms. The van der Waals surface area contributed by atoms with E-state index in [1.807, 2.05) is 62.4 Å². The van der Waals surface area contributed by atoms with Crippen LogP contribution in [0.3, 0.4) is 0 Å². The monoisotopic (exact) mass is 516 g/mol. The fourth-order valence-corrected chi connectivity index (χ4v) is 4.99. The first-order valence-electron chi connectivity index (χ1n) is 13.5. The Balaban J connectivity index is 1.62. The average molecular weight is 517 g/mol. The summed E-state index contributed by atoms with van der Waals surface area (Å²) in [5, 5.41) is 3.23. The van der Waals surface area contributed by atoms with Crippen LogP contribution < -0.4 is 10.1 Å². The Hall–Kier alpha value is -3.67. The van der Waals surface area contributed by atoms with E-state index in [9.17, 15) is 14.0 Å². The number of hydrogen-bond donors (Lipinski definition) is 1. The van der Waals surface area contributed by atoms with E-state index in [4.69, 9.17) is 4.74 Å². The summed E-state index contributed by atoms with van der Waals surface area (Å²) in [4.78, 5) is 29.1. The second-order valence-electron chi connectivity index (χ2n) is 10.2. The van der Waals surface area contributed by atoms with Crippen LogP contribution in [-0.4, -0.2) is 35.4 Å². The molecule has 5 nitrogen and oxygen atoms in total. The molecule has 1 aliphatic rings. The van der Waals surface area contributed by atoms with Crippen molar-refractivity contribution in [3.63, 3.8) is 0 Å². The minimum Gasteiger partial charge on any atom is -0.483 e. The van der Waals surface area contributed by atoms with Gasteiger partial charge in [-0.1, -0.05) is 73.9 Å². The van der Waals surface area contributed by atoms with E-state index < -0.39 is 6.04 Å². The van der Waals surface area contributed by atoms with Crippen LogP contribution in [0.15, 0.2) is 72.8 Å². The summed E-state index contributed by atoms with van der Waals surface area (Å²) in [6.45, 7) is 3.93. The van der Waals surface area contributed by atoms with Crippen LogP contribution in [0.4, 0.5) is 4.39 Å². The summed E-state index contributed by atoms with van der Waals surface area (Å²) in [6, 6.07) is 20.9. The number of ether oxygens (including phenoxy) is 1. The molecule has 0 aliphatic heterocycles. The number of nitrogens with zero attached hydrogens (tertiary/aromatic N) is 1. The molecule has 6 heteroatoms. The molecule has 2 amide bonds. The molecule has 200 valence electrons. The summed E-state index contributed by atoms with van der Waals surface area (Å²) in [5.74, 6) is -0.162. The number of carbonyl (C=O) groups excluding carboxylic acids is 2. The molecule has 0 aromatic heterocycles. The highest BCUT2D eigenvalue weighted by Crippen LogP contribution is 2.22.